The van der Waals surface area contributed by atoms with Crippen molar-refractivity contribution in [2.75, 3.05) is 33.3 Å². The Labute approximate surface area is 207 Å². The Balaban J connectivity index is 1.56. The number of likely N-dealkylation sites (tertiary alicyclic amines) is 1. The number of ether oxygens (including phenoxy) is 1. The van der Waals surface area contributed by atoms with Gasteiger partial charge < -0.3 is 24.5 Å². The van der Waals surface area contributed by atoms with Crippen LogP contribution >= 0.6 is 0 Å². The van der Waals surface area contributed by atoms with Gasteiger partial charge in [-0.3, -0.25) is 14.4 Å². The molecule has 1 saturated carbocycles. The van der Waals surface area contributed by atoms with E-state index < -0.39 is 29.1 Å². The molecule has 1 spiro atoms. The minimum Gasteiger partial charge on any atom is -0.396 e. The van der Waals surface area contributed by atoms with Crippen molar-refractivity contribution in [3.05, 3.63) is 24.3 Å². The van der Waals surface area contributed by atoms with Crippen LogP contribution in [0.1, 0.15) is 58.3 Å². The van der Waals surface area contributed by atoms with Crippen LogP contribution in [-0.4, -0.2) is 94.1 Å². The molecular formula is C27H39N3O5. The SMILES string of the molecule is CN1CC=C[C@]2(C)O[C@]34C=CCN(C5CCCCC5)C(=O)C3N(CCCCCO)C(=O)[C@@H]4[C@@H]2C1=O. The molecule has 2 saturated heterocycles. The van der Waals surface area contributed by atoms with Crippen molar-refractivity contribution in [3.63, 3.8) is 0 Å². The Bertz CT molecular complexity index is 928. The topological polar surface area (TPSA) is 90.4 Å². The number of fused-ring (bicyclic) bond motifs is 2. The second-order valence-electron chi connectivity index (χ2n) is 11.1. The predicted octanol–water partition coefficient (Wildman–Crippen LogP) is 1.88. The van der Waals surface area contributed by atoms with Crippen LogP contribution in [0.25, 0.3) is 0 Å². The molecule has 0 aromatic carbocycles. The van der Waals surface area contributed by atoms with Gasteiger partial charge in [0.25, 0.3) is 0 Å². The lowest BCUT2D eigenvalue weighted by atomic mass is 9.74. The van der Waals surface area contributed by atoms with Crippen LogP contribution in [0.15, 0.2) is 24.3 Å². The molecule has 0 aromatic rings. The standard InChI is InChI=1S/C27H39N3O5/c1-26-13-9-15-28(2)23(32)20(26)21-24(33)30(16-7-4-8-18-31)22-25(34)29(19-11-5-3-6-12-19)17-10-14-27(21,22)35-26/h9-10,13-14,19-22,31H,3-8,11-12,15-18H2,1-2H3/t20-,21+,22?,26+,27+/m1/s1. The number of hydrogen-bond donors (Lipinski definition) is 1. The number of aliphatic hydroxyl groups excluding tert-OH is 1. The number of rotatable bonds is 6. The zero-order chi connectivity index (χ0) is 24.8. The maximum atomic E-state index is 14.3. The van der Waals surface area contributed by atoms with E-state index in [1.54, 1.807) is 16.8 Å². The molecule has 4 aliphatic heterocycles. The minimum absolute atomic E-state index is 0.0512. The van der Waals surface area contributed by atoms with Crippen molar-refractivity contribution in [2.24, 2.45) is 11.8 Å². The molecule has 4 heterocycles. The fourth-order valence-corrected chi connectivity index (χ4v) is 7.19. The molecule has 0 radical (unpaired) electrons. The Hall–Kier alpha value is -2.19. The van der Waals surface area contributed by atoms with Crippen LogP contribution in [0.3, 0.4) is 0 Å². The van der Waals surface area contributed by atoms with Crippen LogP contribution in [0, 0.1) is 11.8 Å². The molecule has 8 nitrogen and oxygen atoms in total. The second kappa shape index (κ2) is 9.36. The summed E-state index contributed by atoms with van der Waals surface area (Å²) in [4.78, 5) is 47.3. The molecular weight excluding hydrogens is 446 g/mol. The van der Waals surface area contributed by atoms with E-state index in [-0.39, 0.29) is 30.4 Å². The van der Waals surface area contributed by atoms with Crippen molar-refractivity contribution >= 4 is 17.7 Å². The summed E-state index contributed by atoms with van der Waals surface area (Å²) in [6.45, 7) is 3.40. The fraction of sp³-hybridized carbons (Fsp3) is 0.741. The van der Waals surface area contributed by atoms with E-state index in [1.807, 2.05) is 36.1 Å². The highest BCUT2D eigenvalue weighted by Gasteiger charge is 2.74. The maximum Gasteiger partial charge on any atom is 0.249 e. The molecule has 192 valence electrons. The summed E-state index contributed by atoms with van der Waals surface area (Å²) >= 11 is 0. The summed E-state index contributed by atoms with van der Waals surface area (Å²) in [6, 6.07) is -0.596. The predicted molar refractivity (Wildman–Crippen MR) is 130 cm³/mol. The van der Waals surface area contributed by atoms with E-state index >= 15 is 0 Å². The van der Waals surface area contributed by atoms with Gasteiger partial charge in [0.15, 0.2) is 0 Å². The quantitative estimate of drug-likeness (QED) is 0.458. The monoisotopic (exact) mass is 485 g/mol. The molecule has 3 fully saturated rings. The Kier molecular flexibility index (Phi) is 6.55. The third-order valence-electron chi connectivity index (χ3n) is 8.86. The van der Waals surface area contributed by atoms with E-state index in [2.05, 4.69) is 0 Å². The fourth-order valence-electron chi connectivity index (χ4n) is 7.19. The van der Waals surface area contributed by atoms with Crippen molar-refractivity contribution in [3.8, 4) is 0 Å². The Morgan fingerprint density at radius 3 is 2.43 bits per heavy atom. The van der Waals surface area contributed by atoms with Crippen LogP contribution in [0.2, 0.25) is 0 Å². The zero-order valence-electron chi connectivity index (χ0n) is 21.0. The molecule has 5 aliphatic rings. The molecule has 35 heavy (non-hydrogen) atoms. The van der Waals surface area contributed by atoms with Crippen LogP contribution in [0.5, 0.6) is 0 Å². The van der Waals surface area contributed by atoms with Crippen molar-refractivity contribution in [2.45, 2.75) is 81.6 Å². The lowest BCUT2D eigenvalue weighted by molar-refractivity contribution is -0.154. The summed E-state index contributed by atoms with van der Waals surface area (Å²) in [5.41, 5.74) is -2.11. The molecule has 1 N–H and O–H groups in total. The molecule has 0 aromatic heterocycles. The van der Waals surface area contributed by atoms with E-state index in [4.69, 9.17) is 4.74 Å². The number of nitrogens with zero attached hydrogens (tertiary/aromatic N) is 3. The number of unbranched alkanes of at least 4 members (excludes halogenated alkanes) is 2. The van der Waals surface area contributed by atoms with Crippen LogP contribution in [0.4, 0.5) is 0 Å². The minimum atomic E-state index is -1.16. The van der Waals surface area contributed by atoms with Gasteiger partial charge in [0.1, 0.15) is 11.6 Å². The molecule has 3 amide bonds. The highest BCUT2D eigenvalue weighted by atomic mass is 16.5. The molecule has 1 aliphatic carbocycles. The van der Waals surface area contributed by atoms with E-state index in [9.17, 15) is 19.5 Å². The third kappa shape index (κ3) is 3.84. The lowest BCUT2D eigenvalue weighted by Crippen LogP contribution is -2.57. The Morgan fingerprint density at radius 1 is 0.943 bits per heavy atom. The summed E-state index contributed by atoms with van der Waals surface area (Å²) in [5.74, 6) is -1.73. The zero-order valence-corrected chi connectivity index (χ0v) is 21.0. The summed E-state index contributed by atoms with van der Waals surface area (Å²) in [6.07, 6.45) is 15.3. The first-order chi connectivity index (χ1) is 16.8. The highest BCUT2D eigenvalue weighted by molar-refractivity contribution is 6.00. The highest BCUT2D eigenvalue weighted by Crippen LogP contribution is 2.57. The molecule has 1 unspecified atom stereocenters. The number of carbonyl (C=O) groups excluding carboxylic acids is 3. The first kappa shape index (κ1) is 24.5. The average molecular weight is 486 g/mol. The average Bonchev–Trinajstić information content (AvgIpc) is 3.11. The van der Waals surface area contributed by atoms with E-state index in [1.165, 1.54) is 6.42 Å². The molecule has 0 bridgehead atoms. The number of carbonyl (C=O) groups is 3. The molecule has 8 heteroatoms. The number of amides is 3. The van der Waals surface area contributed by atoms with Gasteiger partial charge in [-0.1, -0.05) is 43.6 Å². The lowest BCUT2D eigenvalue weighted by Gasteiger charge is -2.40. The number of hydrogen-bond acceptors (Lipinski definition) is 5. The van der Waals surface area contributed by atoms with Gasteiger partial charge >= 0.3 is 0 Å². The van der Waals surface area contributed by atoms with Gasteiger partial charge in [-0.2, -0.15) is 0 Å². The largest absolute Gasteiger partial charge is 0.396 e. The summed E-state index contributed by atoms with van der Waals surface area (Å²) in [7, 11) is 1.76. The van der Waals surface area contributed by atoms with E-state index in [0.717, 1.165) is 32.1 Å². The smallest absolute Gasteiger partial charge is 0.249 e. The normalized spacial score (nSPS) is 37.4. The first-order valence-corrected chi connectivity index (χ1v) is 13.4. The number of likely N-dealkylation sites (N-methyl/N-ethyl adjacent to an activating group) is 1. The Morgan fingerprint density at radius 2 is 1.69 bits per heavy atom. The van der Waals surface area contributed by atoms with Crippen molar-refractivity contribution in [1.82, 2.24) is 14.7 Å². The van der Waals surface area contributed by atoms with Crippen LogP contribution < -0.4 is 0 Å². The summed E-state index contributed by atoms with van der Waals surface area (Å²) in [5, 5.41) is 9.21. The molecule has 5 rings (SSSR count). The maximum absolute atomic E-state index is 14.3. The second-order valence-corrected chi connectivity index (χ2v) is 11.1. The first-order valence-electron chi connectivity index (χ1n) is 13.4. The third-order valence-corrected chi connectivity index (χ3v) is 8.86. The van der Waals surface area contributed by atoms with Gasteiger partial charge in [-0.15, -0.1) is 0 Å². The van der Waals surface area contributed by atoms with Crippen molar-refractivity contribution < 1.29 is 24.2 Å². The number of aliphatic hydroxyl groups is 1. The van der Waals surface area contributed by atoms with Gasteiger partial charge in [0.2, 0.25) is 17.7 Å². The van der Waals surface area contributed by atoms with Gasteiger partial charge in [0.05, 0.1) is 17.4 Å². The van der Waals surface area contributed by atoms with E-state index in [0.29, 0.717) is 32.5 Å². The van der Waals surface area contributed by atoms with Gasteiger partial charge in [-0.05, 0) is 39.0 Å². The van der Waals surface area contributed by atoms with Gasteiger partial charge in [0, 0.05) is 39.3 Å². The van der Waals surface area contributed by atoms with Gasteiger partial charge in [-0.25, -0.2) is 0 Å². The van der Waals surface area contributed by atoms with Crippen molar-refractivity contribution in [1.29, 1.82) is 0 Å². The molecule has 5 atom stereocenters. The summed E-state index contributed by atoms with van der Waals surface area (Å²) < 4.78 is 6.81. The van der Waals surface area contributed by atoms with Crippen LogP contribution in [-0.2, 0) is 19.1 Å².